The van der Waals surface area contributed by atoms with Crippen LogP contribution in [0.2, 0.25) is 0 Å². The highest BCUT2D eigenvalue weighted by Crippen LogP contribution is 2.14. The van der Waals surface area contributed by atoms with Crippen molar-refractivity contribution in [1.29, 1.82) is 0 Å². The molecular weight excluding hydrogens is 297 g/mol. The number of ketones is 1. The maximum atomic E-state index is 12.7. The van der Waals surface area contributed by atoms with Crippen LogP contribution in [-0.4, -0.2) is 35.3 Å². The van der Waals surface area contributed by atoms with Crippen LogP contribution in [0.3, 0.4) is 0 Å². The SMILES string of the molecule is CC(=O)COC(=O)[C@@H](C)SCC(=O)Nc1ccc(F)cc1. The largest absolute Gasteiger partial charge is 0.457 e. The molecule has 0 saturated heterocycles. The minimum Gasteiger partial charge on any atom is -0.457 e. The minimum absolute atomic E-state index is 0.0493. The van der Waals surface area contributed by atoms with Crippen LogP contribution in [0.1, 0.15) is 13.8 Å². The second-order valence-electron chi connectivity index (χ2n) is 4.32. The van der Waals surface area contributed by atoms with Crippen molar-refractivity contribution in [3.8, 4) is 0 Å². The van der Waals surface area contributed by atoms with Crippen LogP contribution in [0.5, 0.6) is 0 Å². The summed E-state index contributed by atoms with van der Waals surface area (Å²) in [7, 11) is 0. The normalized spacial score (nSPS) is 11.6. The fourth-order valence-corrected chi connectivity index (χ4v) is 1.97. The number of anilines is 1. The smallest absolute Gasteiger partial charge is 0.319 e. The lowest BCUT2D eigenvalue weighted by Crippen LogP contribution is -2.23. The van der Waals surface area contributed by atoms with E-state index >= 15 is 0 Å². The van der Waals surface area contributed by atoms with E-state index in [1.807, 2.05) is 0 Å². The Bertz CT molecular complexity index is 518. The number of hydrogen-bond donors (Lipinski definition) is 1. The summed E-state index contributed by atoms with van der Waals surface area (Å²) >= 11 is 1.09. The van der Waals surface area contributed by atoms with Crippen molar-refractivity contribution in [3.63, 3.8) is 0 Å². The molecule has 1 N–H and O–H groups in total. The maximum absolute atomic E-state index is 12.7. The van der Waals surface area contributed by atoms with E-state index < -0.39 is 11.2 Å². The van der Waals surface area contributed by atoms with Crippen molar-refractivity contribution in [2.45, 2.75) is 19.1 Å². The van der Waals surface area contributed by atoms with Crippen molar-refractivity contribution >= 4 is 35.1 Å². The molecule has 0 heterocycles. The van der Waals surface area contributed by atoms with Crippen LogP contribution in [0.25, 0.3) is 0 Å². The van der Waals surface area contributed by atoms with Crippen LogP contribution < -0.4 is 5.32 Å². The zero-order valence-corrected chi connectivity index (χ0v) is 12.5. The number of benzene rings is 1. The molecule has 0 radical (unpaired) electrons. The van der Waals surface area contributed by atoms with Gasteiger partial charge in [-0.3, -0.25) is 14.4 Å². The second kappa shape index (κ2) is 8.41. The third kappa shape index (κ3) is 6.89. The third-order valence-electron chi connectivity index (χ3n) is 2.34. The number of halogens is 1. The van der Waals surface area contributed by atoms with Crippen LogP contribution >= 0.6 is 11.8 Å². The Morgan fingerprint density at radius 2 is 1.90 bits per heavy atom. The number of carbonyl (C=O) groups is 3. The van der Waals surface area contributed by atoms with Crippen molar-refractivity contribution < 1.29 is 23.5 Å². The zero-order chi connectivity index (χ0) is 15.8. The average Bonchev–Trinajstić information content (AvgIpc) is 2.44. The van der Waals surface area contributed by atoms with Gasteiger partial charge in [0.1, 0.15) is 17.7 Å². The average molecular weight is 313 g/mol. The molecule has 1 aromatic rings. The van der Waals surface area contributed by atoms with Gasteiger partial charge in [-0.15, -0.1) is 11.8 Å². The van der Waals surface area contributed by atoms with Crippen molar-refractivity contribution in [2.75, 3.05) is 17.7 Å². The number of rotatable bonds is 7. The van der Waals surface area contributed by atoms with Gasteiger partial charge in [-0.25, -0.2) is 4.39 Å². The van der Waals surface area contributed by atoms with Gasteiger partial charge in [-0.05, 0) is 38.1 Å². The molecule has 1 atom stereocenters. The second-order valence-corrected chi connectivity index (χ2v) is 5.65. The molecule has 0 unspecified atom stereocenters. The van der Waals surface area contributed by atoms with Crippen molar-refractivity contribution in [2.24, 2.45) is 0 Å². The molecule has 1 amide bonds. The molecule has 0 aliphatic heterocycles. The lowest BCUT2D eigenvalue weighted by Gasteiger charge is -2.10. The Labute approximate surface area is 126 Å². The molecule has 1 aromatic carbocycles. The van der Waals surface area contributed by atoms with Gasteiger partial charge in [-0.2, -0.15) is 0 Å². The van der Waals surface area contributed by atoms with E-state index in [4.69, 9.17) is 4.74 Å². The molecule has 5 nitrogen and oxygen atoms in total. The van der Waals surface area contributed by atoms with Crippen LogP contribution in [-0.2, 0) is 19.1 Å². The molecule has 0 aliphatic rings. The number of carbonyl (C=O) groups excluding carboxylic acids is 3. The van der Waals surface area contributed by atoms with Gasteiger partial charge in [0, 0.05) is 5.69 Å². The maximum Gasteiger partial charge on any atom is 0.319 e. The quantitative estimate of drug-likeness (QED) is 0.780. The number of Topliss-reactive ketones (excluding diaryl/α,β-unsaturated/α-hetero) is 1. The van der Waals surface area contributed by atoms with Gasteiger partial charge >= 0.3 is 5.97 Å². The van der Waals surface area contributed by atoms with Crippen LogP contribution in [0, 0.1) is 5.82 Å². The Hall–Kier alpha value is -1.89. The summed E-state index contributed by atoms with van der Waals surface area (Å²) in [6, 6.07) is 5.37. The van der Waals surface area contributed by atoms with E-state index in [0.717, 1.165) is 11.8 Å². The summed E-state index contributed by atoms with van der Waals surface area (Å²) in [6.45, 7) is 2.66. The predicted molar refractivity (Wildman–Crippen MR) is 78.6 cm³/mol. The Kier molecular flexibility index (Phi) is 6.87. The van der Waals surface area contributed by atoms with E-state index in [1.54, 1.807) is 6.92 Å². The number of ether oxygens (including phenoxy) is 1. The predicted octanol–water partition coefficient (Wildman–Crippen LogP) is 2.02. The van der Waals surface area contributed by atoms with E-state index in [2.05, 4.69) is 5.32 Å². The number of amides is 1. The molecule has 0 bridgehead atoms. The first kappa shape index (κ1) is 17.2. The molecule has 0 fully saturated rings. The summed E-state index contributed by atoms with van der Waals surface area (Å²) in [4.78, 5) is 33.8. The molecule has 7 heteroatoms. The van der Waals surface area contributed by atoms with Gasteiger partial charge in [0.25, 0.3) is 0 Å². The zero-order valence-electron chi connectivity index (χ0n) is 11.7. The summed E-state index contributed by atoms with van der Waals surface area (Å²) in [6.07, 6.45) is 0. The van der Waals surface area contributed by atoms with Crippen LogP contribution in [0.15, 0.2) is 24.3 Å². The highest BCUT2D eigenvalue weighted by Gasteiger charge is 2.17. The Balaban J connectivity index is 2.33. The molecule has 0 saturated carbocycles. The topological polar surface area (TPSA) is 72.5 Å². The summed E-state index contributed by atoms with van der Waals surface area (Å²) in [5.41, 5.74) is 0.480. The van der Waals surface area contributed by atoms with Gasteiger partial charge in [0.2, 0.25) is 5.91 Å². The van der Waals surface area contributed by atoms with E-state index in [0.29, 0.717) is 5.69 Å². The molecule has 1 rings (SSSR count). The highest BCUT2D eigenvalue weighted by atomic mass is 32.2. The number of esters is 1. The minimum atomic E-state index is -0.552. The fraction of sp³-hybridized carbons (Fsp3) is 0.357. The third-order valence-corrected chi connectivity index (χ3v) is 3.46. The lowest BCUT2D eigenvalue weighted by atomic mass is 10.3. The molecule has 114 valence electrons. The van der Waals surface area contributed by atoms with E-state index in [-0.39, 0.29) is 29.9 Å². The summed E-state index contributed by atoms with van der Waals surface area (Å²) < 4.78 is 17.5. The molecule has 0 aromatic heterocycles. The molecule has 0 aliphatic carbocycles. The first-order valence-electron chi connectivity index (χ1n) is 6.21. The van der Waals surface area contributed by atoms with E-state index in [9.17, 15) is 18.8 Å². The van der Waals surface area contributed by atoms with E-state index in [1.165, 1.54) is 31.2 Å². The Morgan fingerprint density at radius 3 is 2.48 bits per heavy atom. The molecule has 21 heavy (non-hydrogen) atoms. The summed E-state index contributed by atoms with van der Waals surface area (Å²) in [5, 5.41) is 2.03. The number of nitrogens with one attached hydrogen (secondary N) is 1. The highest BCUT2D eigenvalue weighted by molar-refractivity contribution is 8.01. The van der Waals surface area contributed by atoms with Crippen molar-refractivity contribution in [1.82, 2.24) is 0 Å². The van der Waals surface area contributed by atoms with Gasteiger partial charge in [0.05, 0.1) is 5.75 Å². The first-order chi connectivity index (χ1) is 9.88. The lowest BCUT2D eigenvalue weighted by molar-refractivity contribution is -0.146. The van der Waals surface area contributed by atoms with Gasteiger partial charge in [0.15, 0.2) is 5.78 Å². The first-order valence-corrected chi connectivity index (χ1v) is 7.26. The Morgan fingerprint density at radius 1 is 1.29 bits per heavy atom. The van der Waals surface area contributed by atoms with Gasteiger partial charge in [-0.1, -0.05) is 0 Å². The number of hydrogen-bond acceptors (Lipinski definition) is 5. The number of thioether (sulfide) groups is 1. The van der Waals surface area contributed by atoms with Gasteiger partial charge < -0.3 is 10.1 Å². The molecule has 0 spiro atoms. The molecular formula is C14H16FNO4S. The summed E-state index contributed by atoms with van der Waals surface area (Å²) in [5.74, 6) is -1.42. The monoisotopic (exact) mass is 313 g/mol. The van der Waals surface area contributed by atoms with Crippen molar-refractivity contribution in [3.05, 3.63) is 30.1 Å². The standard InChI is InChI=1S/C14H16FNO4S/c1-9(17)7-20-14(19)10(2)21-8-13(18)16-12-5-3-11(15)4-6-12/h3-6,10H,7-8H2,1-2H3,(H,16,18)/t10-/m1/s1. The fourth-order valence-electron chi connectivity index (χ4n) is 1.29. The van der Waals surface area contributed by atoms with Crippen LogP contribution in [0.4, 0.5) is 10.1 Å².